The highest BCUT2D eigenvalue weighted by atomic mass is 16.5. The lowest BCUT2D eigenvalue weighted by molar-refractivity contribution is -0.176. The first-order chi connectivity index (χ1) is 8.07. The maximum absolute atomic E-state index is 11.7. The molecule has 0 saturated heterocycles. The number of rotatable bonds is 6. The van der Waals surface area contributed by atoms with E-state index in [1.54, 1.807) is 0 Å². The number of likely N-dealkylation sites (N-methyl/N-ethyl adjacent to an activating group) is 1. The largest absolute Gasteiger partial charge is 0.378 e. The Labute approximate surface area is 104 Å². The molecule has 0 spiro atoms. The van der Waals surface area contributed by atoms with Crippen LogP contribution in [0, 0.1) is 5.41 Å². The fraction of sp³-hybridized carbons (Fsp3) is 0.923. The Hall–Kier alpha value is -0.610. The molecular formula is C13H26N2O2. The van der Waals surface area contributed by atoms with Crippen molar-refractivity contribution in [3.63, 3.8) is 0 Å². The first-order valence-electron chi connectivity index (χ1n) is 6.64. The van der Waals surface area contributed by atoms with Gasteiger partial charge in [-0.3, -0.25) is 4.79 Å². The number of amides is 1. The molecule has 0 aromatic rings. The highest BCUT2D eigenvalue weighted by Gasteiger charge is 2.55. The molecule has 4 heteroatoms. The molecule has 0 unspecified atom stereocenters. The maximum atomic E-state index is 11.7. The van der Waals surface area contributed by atoms with Crippen molar-refractivity contribution in [1.29, 1.82) is 0 Å². The molecule has 100 valence electrons. The monoisotopic (exact) mass is 242 g/mol. The van der Waals surface area contributed by atoms with Crippen LogP contribution in [0.2, 0.25) is 0 Å². The standard InChI is InChI=1S/C13H26N2O2/c1-5-13(6-2)10(8-11(13)17-7-3)15(4)12(16)9-14/h10-11H,5-9,14H2,1-4H3/t10-,11+/m0/s1. The van der Waals surface area contributed by atoms with Gasteiger partial charge in [-0.05, 0) is 26.2 Å². The van der Waals surface area contributed by atoms with Crippen molar-refractivity contribution in [2.75, 3.05) is 20.2 Å². The Morgan fingerprint density at radius 1 is 1.41 bits per heavy atom. The third-order valence-electron chi connectivity index (χ3n) is 4.46. The molecule has 0 radical (unpaired) electrons. The van der Waals surface area contributed by atoms with Gasteiger partial charge in [0.25, 0.3) is 0 Å². The minimum absolute atomic E-state index is 0.0243. The number of hydrogen-bond acceptors (Lipinski definition) is 3. The van der Waals surface area contributed by atoms with E-state index in [1.165, 1.54) is 0 Å². The van der Waals surface area contributed by atoms with E-state index in [0.29, 0.717) is 6.10 Å². The molecule has 1 fully saturated rings. The van der Waals surface area contributed by atoms with Crippen LogP contribution in [0.4, 0.5) is 0 Å². The molecule has 4 nitrogen and oxygen atoms in total. The summed E-state index contributed by atoms with van der Waals surface area (Å²) in [6.45, 7) is 7.23. The van der Waals surface area contributed by atoms with Crippen LogP contribution in [-0.4, -0.2) is 43.2 Å². The molecule has 0 aromatic heterocycles. The third-order valence-corrected chi connectivity index (χ3v) is 4.46. The summed E-state index contributed by atoms with van der Waals surface area (Å²) in [4.78, 5) is 13.5. The molecule has 17 heavy (non-hydrogen) atoms. The van der Waals surface area contributed by atoms with Gasteiger partial charge < -0.3 is 15.4 Å². The first kappa shape index (κ1) is 14.5. The van der Waals surface area contributed by atoms with Gasteiger partial charge in [0.2, 0.25) is 5.91 Å². The van der Waals surface area contributed by atoms with Crippen molar-refractivity contribution in [1.82, 2.24) is 4.90 Å². The van der Waals surface area contributed by atoms with Crippen molar-refractivity contribution in [2.45, 2.75) is 52.2 Å². The van der Waals surface area contributed by atoms with Crippen molar-refractivity contribution >= 4 is 5.91 Å². The molecule has 0 aromatic carbocycles. The molecule has 1 aliphatic rings. The van der Waals surface area contributed by atoms with E-state index in [0.717, 1.165) is 25.9 Å². The molecule has 1 amide bonds. The molecule has 0 bridgehead atoms. The average Bonchev–Trinajstić information content (AvgIpc) is 2.34. The second-order valence-corrected chi connectivity index (χ2v) is 4.84. The Morgan fingerprint density at radius 2 is 2.00 bits per heavy atom. The molecule has 0 heterocycles. The molecule has 1 saturated carbocycles. The molecule has 1 rings (SSSR count). The topological polar surface area (TPSA) is 55.6 Å². The van der Waals surface area contributed by atoms with Crippen molar-refractivity contribution in [2.24, 2.45) is 11.1 Å². The summed E-state index contributed by atoms with van der Waals surface area (Å²) >= 11 is 0. The summed E-state index contributed by atoms with van der Waals surface area (Å²) in [5.74, 6) is 0.0243. The first-order valence-corrected chi connectivity index (χ1v) is 6.64. The summed E-state index contributed by atoms with van der Waals surface area (Å²) in [6.07, 6.45) is 3.32. The Balaban J connectivity index is 2.78. The lowest BCUT2D eigenvalue weighted by Gasteiger charge is -2.58. The van der Waals surface area contributed by atoms with Crippen molar-refractivity contribution in [3.8, 4) is 0 Å². The number of carbonyl (C=O) groups excluding carboxylic acids is 1. The van der Waals surface area contributed by atoms with Crippen LogP contribution in [0.5, 0.6) is 0 Å². The summed E-state index contributed by atoms with van der Waals surface area (Å²) < 4.78 is 5.80. The van der Waals surface area contributed by atoms with Crippen LogP contribution in [0.25, 0.3) is 0 Å². The van der Waals surface area contributed by atoms with Gasteiger partial charge >= 0.3 is 0 Å². The Kier molecular flexibility index (Phi) is 4.95. The smallest absolute Gasteiger partial charge is 0.236 e. The summed E-state index contributed by atoms with van der Waals surface area (Å²) in [5.41, 5.74) is 5.55. The van der Waals surface area contributed by atoms with E-state index in [4.69, 9.17) is 10.5 Å². The quantitative estimate of drug-likeness (QED) is 0.765. The van der Waals surface area contributed by atoms with Gasteiger partial charge in [0, 0.05) is 25.1 Å². The molecule has 2 N–H and O–H groups in total. The number of nitrogens with zero attached hydrogens (tertiary/aromatic N) is 1. The fourth-order valence-corrected chi connectivity index (χ4v) is 3.20. The number of hydrogen-bond donors (Lipinski definition) is 1. The van der Waals surface area contributed by atoms with E-state index >= 15 is 0 Å². The molecule has 2 atom stereocenters. The predicted octanol–water partition coefficient (Wildman–Crippen LogP) is 1.39. The van der Waals surface area contributed by atoms with Crippen LogP contribution >= 0.6 is 0 Å². The molecule has 0 aliphatic heterocycles. The van der Waals surface area contributed by atoms with Crippen LogP contribution in [-0.2, 0) is 9.53 Å². The minimum Gasteiger partial charge on any atom is -0.378 e. The zero-order chi connectivity index (χ0) is 13.1. The number of nitrogens with two attached hydrogens (primary N) is 1. The summed E-state index contributed by atoms with van der Waals surface area (Å²) in [7, 11) is 1.86. The van der Waals surface area contributed by atoms with E-state index in [1.807, 2.05) is 18.9 Å². The second-order valence-electron chi connectivity index (χ2n) is 4.84. The normalized spacial score (nSPS) is 26.4. The highest BCUT2D eigenvalue weighted by molar-refractivity contribution is 5.78. The van der Waals surface area contributed by atoms with Gasteiger partial charge in [-0.2, -0.15) is 0 Å². The highest BCUT2D eigenvalue weighted by Crippen LogP contribution is 2.51. The minimum atomic E-state index is 0.0243. The van der Waals surface area contributed by atoms with Gasteiger partial charge in [0.1, 0.15) is 0 Å². The Morgan fingerprint density at radius 3 is 2.41 bits per heavy atom. The van der Waals surface area contributed by atoms with Gasteiger partial charge in [0.15, 0.2) is 0 Å². The van der Waals surface area contributed by atoms with Crippen LogP contribution < -0.4 is 5.73 Å². The number of ether oxygens (including phenoxy) is 1. The van der Waals surface area contributed by atoms with Crippen molar-refractivity contribution in [3.05, 3.63) is 0 Å². The van der Waals surface area contributed by atoms with Gasteiger partial charge in [0.05, 0.1) is 12.6 Å². The maximum Gasteiger partial charge on any atom is 0.236 e. The predicted molar refractivity (Wildman–Crippen MR) is 68.7 cm³/mol. The lowest BCUT2D eigenvalue weighted by Crippen LogP contribution is -2.65. The average molecular weight is 242 g/mol. The summed E-state index contributed by atoms with van der Waals surface area (Å²) in [5, 5.41) is 0. The molecule has 1 aliphatic carbocycles. The van der Waals surface area contributed by atoms with E-state index in [9.17, 15) is 4.79 Å². The third kappa shape index (κ3) is 2.33. The SMILES string of the molecule is CCO[C@@H]1C[C@H](N(C)C(=O)CN)C1(CC)CC. The Bertz CT molecular complexity index is 264. The van der Waals surface area contributed by atoms with Gasteiger partial charge in [-0.1, -0.05) is 13.8 Å². The van der Waals surface area contributed by atoms with Crippen LogP contribution in [0.15, 0.2) is 0 Å². The number of carbonyl (C=O) groups is 1. The van der Waals surface area contributed by atoms with E-state index in [-0.39, 0.29) is 23.9 Å². The zero-order valence-corrected chi connectivity index (χ0v) is 11.5. The van der Waals surface area contributed by atoms with Crippen LogP contribution in [0.3, 0.4) is 0 Å². The fourth-order valence-electron chi connectivity index (χ4n) is 3.20. The van der Waals surface area contributed by atoms with Gasteiger partial charge in [-0.15, -0.1) is 0 Å². The summed E-state index contributed by atoms with van der Waals surface area (Å²) in [6, 6.07) is 0.282. The van der Waals surface area contributed by atoms with Crippen LogP contribution in [0.1, 0.15) is 40.0 Å². The zero-order valence-electron chi connectivity index (χ0n) is 11.5. The van der Waals surface area contributed by atoms with Crippen molar-refractivity contribution < 1.29 is 9.53 Å². The van der Waals surface area contributed by atoms with Gasteiger partial charge in [-0.25, -0.2) is 0 Å². The lowest BCUT2D eigenvalue weighted by atomic mass is 9.58. The van der Waals surface area contributed by atoms with E-state index < -0.39 is 0 Å². The second kappa shape index (κ2) is 5.83. The molecular weight excluding hydrogens is 216 g/mol. The van der Waals surface area contributed by atoms with E-state index in [2.05, 4.69) is 13.8 Å².